The van der Waals surface area contributed by atoms with Crippen LogP contribution in [0.4, 0.5) is 5.82 Å². The monoisotopic (exact) mass is 340 g/mol. The molecule has 0 spiro atoms. The molecule has 0 amide bonds. The van der Waals surface area contributed by atoms with Gasteiger partial charge in [0, 0.05) is 23.3 Å². The summed E-state index contributed by atoms with van der Waals surface area (Å²) in [6, 6.07) is 9.43. The maximum absolute atomic E-state index is 6.11. The Balaban J connectivity index is 2.02. The van der Waals surface area contributed by atoms with Crippen molar-refractivity contribution in [1.29, 1.82) is 0 Å². The lowest BCUT2D eigenvalue weighted by molar-refractivity contribution is 0.310. The van der Waals surface area contributed by atoms with E-state index in [0.717, 1.165) is 22.3 Å². The first-order chi connectivity index (χ1) is 11.7. The van der Waals surface area contributed by atoms with Gasteiger partial charge in [0.2, 0.25) is 0 Å². The molecule has 0 fully saturated rings. The minimum Gasteiger partial charge on any atom is -0.379 e. The van der Waals surface area contributed by atoms with Crippen LogP contribution < -0.4 is 5.73 Å². The Kier molecular flexibility index (Phi) is 3.42. The second kappa shape index (κ2) is 5.61. The highest BCUT2D eigenvalue weighted by molar-refractivity contribution is 6.30. The van der Waals surface area contributed by atoms with Crippen LogP contribution >= 0.6 is 11.6 Å². The van der Waals surface area contributed by atoms with Crippen molar-refractivity contribution in [3.05, 3.63) is 41.6 Å². The minimum absolute atomic E-state index is 0.206. The first-order valence-corrected chi connectivity index (χ1v) is 7.76. The summed E-state index contributed by atoms with van der Waals surface area (Å²) < 4.78 is 6.72. The van der Waals surface area contributed by atoms with Gasteiger partial charge < -0.3 is 10.3 Å². The predicted molar refractivity (Wildman–Crippen MR) is 91.4 cm³/mol. The fourth-order valence-corrected chi connectivity index (χ4v) is 2.94. The number of pyridine rings is 1. The van der Waals surface area contributed by atoms with Gasteiger partial charge in [0.25, 0.3) is 0 Å². The molecule has 3 aromatic heterocycles. The van der Waals surface area contributed by atoms with Crippen LogP contribution in [-0.2, 0) is 6.54 Å². The number of aromatic nitrogens is 5. The molecule has 7 nitrogen and oxygen atoms in total. The molecule has 1 aromatic carbocycles. The van der Waals surface area contributed by atoms with Crippen LogP contribution in [-0.4, -0.2) is 24.8 Å². The van der Waals surface area contributed by atoms with Gasteiger partial charge in [-0.05, 0) is 35.4 Å². The first-order valence-electron chi connectivity index (χ1n) is 7.38. The molecule has 4 rings (SSSR count). The quantitative estimate of drug-likeness (QED) is 0.614. The van der Waals surface area contributed by atoms with Crippen LogP contribution in [0, 0.1) is 0 Å². The highest BCUT2D eigenvalue weighted by Gasteiger charge is 2.20. The van der Waals surface area contributed by atoms with Crippen molar-refractivity contribution in [3.63, 3.8) is 0 Å². The van der Waals surface area contributed by atoms with E-state index in [9.17, 15) is 0 Å². The zero-order valence-electron chi connectivity index (χ0n) is 12.8. The third-order valence-electron chi connectivity index (χ3n) is 3.81. The number of nitrogen functional groups attached to an aromatic ring is 1. The number of anilines is 1. The Morgan fingerprint density at radius 2 is 2.08 bits per heavy atom. The number of hydrogen-bond acceptors (Lipinski definition) is 6. The van der Waals surface area contributed by atoms with Gasteiger partial charge in [-0.15, -0.1) is 0 Å². The van der Waals surface area contributed by atoms with Crippen molar-refractivity contribution >= 4 is 28.5 Å². The Bertz CT molecular complexity index is 1040. The van der Waals surface area contributed by atoms with Crippen LogP contribution in [0.5, 0.6) is 0 Å². The Morgan fingerprint density at radius 3 is 2.79 bits per heavy atom. The second-order valence-corrected chi connectivity index (χ2v) is 5.65. The molecule has 0 radical (unpaired) electrons. The normalized spacial score (nSPS) is 11.2. The molecule has 0 aliphatic heterocycles. The van der Waals surface area contributed by atoms with Gasteiger partial charge in [0.05, 0.1) is 11.2 Å². The molecule has 0 aliphatic rings. The van der Waals surface area contributed by atoms with Crippen LogP contribution in [0.15, 0.2) is 41.2 Å². The van der Waals surface area contributed by atoms with Gasteiger partial charge in [0.15, 0.2) is 17.3 Å². The van der Waals surface area contributed by atoms with Gasteiger partial charge in [0.1, 0.15) is 5.52 Å². The van der Waals surface area contributed by atoms with E-state index in [1.807, 2.05) is 41.8 Å². The van der Waals surface area contributed by atoms with Crippen molar-refractivity contribution in [2.75, 3.05) is 5.73 Å². The van der Waals surface area contributed by atoms with Gasteiger partial charge in [-0.3, -0.25) is 4.98 Å². The Hall–Kier alpha value is -2.93. The van der Waals surface area contributed by atoms with Crippen LogP contribution in [0.2, 0.25) is 5.02 Å². The lowest BCUT2D eigenvalue weighted by Gasteiger charge is -2.04. The van der Waals surface area contributed by atoms with E-state index >= 15 is 0 Å². The molecule has 0 aliphatic carbocycles. The molecule has 8 heteroatoms. The maximum Gasteiger partial charge on any atom is 0.199 e. The Labute approximate surface area is 142 Å². The molecule has 24 heavy (non-hydrogen) atoms. The SMILES string of the molecule is CCn1c(-c2nonc2N)nc2c(-c3cccc(Cl)c3)nccc21. The highest BCUT2D eigenvalue weighted by Crippen LogP contribution is 2.32. The number of aryl methyl sites for hydroxylation is 1. The van der Waals surface area contributed by atoms with E-state index < -0.39 is 0 Å². The molecular weight excluding hydrogens is 328 g/mol. The van der Waals surface area contributed by atoms with Gasteiger partial charge in [-0.1, -0.05) is 23.7 Å². The number of rotatable bonds is 3. The fraction of sp³-hybridized carbons (Fsp3) is 0.125. The number of fused-ring (bicyclic) bond motifs is 1. The summed E-state index contributed by atoms with van der Waals surface area (Å²) in [5.41, 5.74) is 9.58. The first kappa shape index (κ1) is 14.6. The zero-order chi connectivity index (χ0) is 16.7. The molecule has 0 saturated heterocycles. The highest BCUT2D eigenvalue weighted by atomic mass is 35.5. The third kappa shape index (κ3) is 2.21. The molecular formula is C16H13ClN6O. The van der Waals surface area contributed by atoms with E-state index in [1.54, 1.807) is 6.20 Å². The molecule has 3 heterocycles. The summed E-state index contributed by atoms with van der Waals surface area (Å²) in [7, 11) is 0. The van der Waals surface area contributed by atoms with Gasteiger partial charge in [-0.2, -0.15) is 0 Å². The van der Waals surface area contributed by atoms with E-state index in [0.29, 0.717) is 23.1 Å². The van der Waals surface area contributed by atoms with Crippen molar-refractivity contribution < 1.29 is 4.63 Å². The smallest absolute Gasteiger partial charge is 0.199 e. The van der Waals surface area contributed by atoms with Gasteiger partial charge in [-0.25, -0.2) is 9.61 Å². The number of benzene rings is 1. The van der Waals surface area contributed by atoms with E-state index in [2.05, 4.69) is 15.3 Å². The lowest BCUT2D eigenvalue weighted by Crippen LogP contribution is -1.99. The molecule has 0 saturated carbocycles. The summed E-state index contributed by atoms with van der Waals surface area (Å²) in [5.74, 6) is 0.805. The van der Waals surface area contributed by atoms with Crippen LogP contribution in [0.3, 0.4) is 0 Å². The molecule has 0 atom stereocenters. The largest absolute Gasteiger partial charge is 0.379 e. The van der Waals surface area contributed by atoms with Gasteiger partial charge >= 0.3 is 0 Å². The molecule has 2 N–H and O–H groups in total. The number of nitrogens with two attached hydrogens (primary N) is 1. The summed E-state index contributed by atoms with van der Waals surface area (Å²) in [6.45, 7) is 2.71. The van der Waals surface area contributed by atoms with E-state index in [-0.39, 0.29) is 5.82 Å². The molecule has 0 unspecified atom stereocenters. The molecule has 4 aromatic rings. The maximum atomic E-state index is 6.11. The lowest BCUT2D eigenvalue weighted by atomic mass is 10.1. The number of nitrogens with zero attached hydrogens (tertiary/aromatic N) is 5. The van der Waals surface area contributed by atoms with Crippen molar-refractivity contribution in [2.24, 2.45) is 0 Å². The number of imidazole rings is 1. The number of halogens is 1. The van der Waals surface area contributed by atoms with Crippen LogP contribution in [0.1, 0.15) is 6.92 Å². The van der Waals surface area contributed by atoms with Crippen LogP contribution in [0.25, 0.3) is 33.8 Å². The minimum atomic E-state index is 0.206. The fourth-order valence-electron chi connectivity index (χ4n) is 2.75. The summed E-state index contributed by atoms with van der Waals surface area (Å²) in [5, 5.41) is 8.15. The van der Waals surface area contributed by atoms with Crippen molar-refractivity contribution in [2.45, 2.75) is 13.5 Å². The Morgan fingerprint density at radius 1 is 1.21 bits per heavy atom. The predicted octanol–water partition coefficient (Wildman–Crippen LogP) is 3.40. The number of hydrogen-bond donors (Lipinski definition) is 1. The standard InChI is InChI=1S/C16H13ClN6O/c1-2-23-11-6-7-19-12(9-4-3-5-10(17)8-9)13(11)20-16(23)14-15(18)22-24-21-14/h3-8H,2H2,1H3,(H2,18,22). The topological polar surface area (TPSA) is 95.7 Å². The molecule has 0 bridgehead atoms. The van der Waals surface area contributed by atoms with E-state index in [4.69, 9.17) is 26.9 Å². The average molecular weight is 341 g/mol. The summed E-state index contributed by atoms with van der Waals surface area (Å²) in [4.78, 5) is 9.19. The van der Waals surface area contributed by atoms with Crippen molar-refractivity contribution in [3.8, 4) is 22.8 Å². The zero-order valence-corrected chi connectivity index (χ0v) is 13.5. The molecule has 120 valence electrons. The van der Waals surface area contributed by atoms with Crippen molar-refractivity contribution in [1.82, 2.24) is 24.8 Å². The second-order valence-electron chi connectivity index (χ2n) is 5.22. The van der Waals surface area contributed by atoms with E-state index in [1.165, 1.54) is 0 Å². The summed E-state index contributed by atoms with van der Waals surface area (Å²) in [6.07, 6.45) is 1.75. The summed E-state index contributed by atoms with van der Waals surface area (Å²) >= 11 is 6.11. The average Bonchev–Trinajstić information content (AvgIpc) is 3.17. The third-order valence-corrected chi connectivity index (χ3v) is 4.04.